The van der Waals surface area contributed by atoms with Gasteiger partial charge in [-0.25, -0.2) is 0 Å². The van der Waals surface area contributed by atoms with Crippen LogP contribution in [-0.4, -0.2) is 8.42 Å². The van der Waals surface area contributed by atoms with Crippen molar-refractivity contribution < 1.29 is 12.6 Å². The van der Waals surface area contributed by atoms with Crippen molar-refractivity contribution in [2.24, 2.45) is 0 Å². The van der Waals surface area contributed by atoms with Gasteiger partial charge in [0.15, 0.2) is 0 Å². The average Bonchev–Trinajstić information content (AvgIpc) is 2.39. The van der Waals surface area contributed by atoms with Crippen LogP contribution in [0.2, 0.25) is 0 Å². The van der Waals surface area contributed by atoms with Gasteiger partial charge in [-0.2, -0.15) is 8.42 Å². The summed E-state index contributed by atoms with van der Waals surface area (Å²) in [7, 11) is -3.78. The van der Waals surface area contributed by atoms with Crippen LogP contribution in [0, 0.1) is 6.92 Å². The molecular formula is C16H18O3S. The lowest BCUT2D eigenvalue weighted by molar-refractivity contribution is 0.117. The van der Waals surface area contributed by atoms with Crippen molar-refractivity contribution in [1.29, 1.82) is 0 Å². The summed E-state index contributed by atoms with van der Waals surface area (Å²) in [5.74, 6) is 0. The number of benzene rings is 2. The van der Waals surface area contributed by atoms with Gasteiger partial charge in [0, 0.05) is 0 Å². The molecule has 4 heteroatoms. The molecule has 0 heterocycles. The molecule has 0 radical (unpaired) electrons. The van der Waals surface area contributed by atoms with Crippen LogP contribution in [0.4, 0.5) is 0 Å². The van der Waals surface area contributed by atoms with Crippen LogP contribution in [0.1, 0.15) is 25.0 Å². The molecule has 0 unspecified atom stereocenters. The van der Waals surface area contributed by atoms with Crippen molar-refractivity contribution in [3.05, 3.63) is 65.7 Å². The Kier molecular flexibility index (Phi) is 3.97. The molecule has 0 N–H and O–H groups in total. The maximum atomic E-state index is 12.3. The zero-order valence-corrected chi connectivity index (χ0v) is 12.6. The molecule has 0 spiro atoms. The predicted octanol–water partition coefficient (Wildman–Crippen LogP) is 3.64. The van der Waals surface area contributed by atoms with E-state index in [1.807, 2.05) is 37.3 Å². The number of aryl methyl sites for hydroxylation is 1. The van der Waals surface area contributed by atoms with Crippen LogP contribution in [0.15, 0.2) is 59.5 Å². The van der Waals surface area contributed by atoms with Gasteiger partial charge in [0.05, 0.1) is 4.90 Å². The van der Waals surface area contributed by atoms with Crippen LogP contribution in [0.3, 0.4) is 0 Å². The van der Waals surface area contributed by atoms with Gasteiger partial charge in [-0.15, -0.1) is 0 Å². The Bertz CT molecular complexity index is 671. The molecule has 20 heavy (non-hydrogen) atoms. The third-order valence-electron chi connectivity index (χ3n) is 3.10. The molecule has 0 saturated carbocycles. The zero-order valence-electron chi connectivity index (χ0n) is 11.8. The van der Waals surface area contributed by atoms with E-state index in [9.17, 15) is 8.42 Å². The van der Waals surface area contributed by atoms with Crippen LogP contribution in [0.5, 0.6) is 0 Å². The first-order valence-electron chi connectivity index (χ1n) is 6.39. The Morgan fingerprint density at radius 3 is 2.00 bits per heavy atom. The van der Waals surface area contributed by atoms with Gasteiger partial charge in [0.2, 0.25) is 0 Å². The molecule has 0 bridgehead atoms. The summed E-state index contributed by atoms with van der Waals surface area (Å²) >= 11 is 0. The Hall–Kier alpha value is -1.65. The van der Waals surface area contributed by atoms with Crippen molar-refractivity contribution in [2.45, 2.75) is 31.3 Å². The standard InChI is InChI=1S/C16H18O3S/c1-13-9-11-15(12-10-13)20(17,18)19-16(2,3)14-7-5-4-6-8-14/h4-12H,1-3H3. The number of hydrogen-bond donors (Lipinski definition) is 0. The fraction of sp³-hybridized carbons (Fsp3) is 0.250. The van der Waals surface area contributed by atoms with E-state index in [1.54, 1.807) is 38.1 Å². The molecule has 0 amide bonds. The molecule has 0 aliphatic carbocycles. The minimum Gasteiger partial charge on any atom is -0.255 e. The van der Waals surface area contributed by atoms with E-state index in [1.165, 1.54) is 0 Å². The summed E-state index contributed by atoms with van der Waals surface area (Å²) < 4.78 is 30.0. The number of hydrogen-bond acceptors (Lipinski definition) is 3. The van der Waals surface area contributed by atoms with Gasteiger partial charge in [-0.3, -0.25) is 4.18 Å². The van der Waals surface area contributed by atoms with E-state index in [0.29, 0.717) is 0 Å². The first-order chi connectivity index (χ1) is 9.31. The minimum atomic E-state index is -3.78. The molecule has 0 aliphatic rings. The van der Waals surface area contributed by atoms with Crippen molar-refractivity contribution in [1.82, 2.24) is 0 Å². The molecule has 0 atom stereocenters. The first-order valence-corrected chi connectivity index (χ1v) is 7.80. The summed E-state index contributed by atoms with van der Waals surface area (Å²) in [6.45, 7) is 5.40. The van der Waals surface area contributed by atoms with Gasteiger partial charge >= 0.3 is 0 Å². The van der Waals surface area contributed by atoms with Gasteiger partial charge in [-0.1, -0.05) is 48.0 Å². The lowest BCUT2D eigenvalue weighted by atomic mass is 9.99. The highest BCUT2D eigenvalue weighted by Gasteiger charge is 2.29. The summed E-state index contributed by atoms with van der Waals surface area (Å²) in [5.41, 5.74) is 0.910. The van der Waals surface area contributed by atoms with Crippen LogP contribution < -0.4 is 0 Å². The van der Waals surface area contributed by atoms with Crippen LogP contribution in [-0.2, 0) is 19.9 Å². The Morgan fingerprint density at radius 1 is 0.900 bits per heavy atom. The fourth-order valence-electron chi connectivity index (χ4n) is 1.91. The van der Waals surface area contributed by atoms with Gasteiger partial charge < -0.3 is 0 Å². The van der Waals surface area contributed by atoms with E-state index in [2.05, 4.69) is 0 Å². The molecule has 106 valence electrons. The van der Waals surface area contributed by atoms with Gasteiger partial charge in [0.25, 0.3) is 10.1 Å². The third kappa shape index (κ3) is 3.26. The summed E-state index contributed by atoms with van der Waals surface area (Å²) in [5, 5.41) is 0. The quantitative estimate of drug-likeness (QED) is 0.807. The molecule has 3 nitrogen and oxygen atoms in total. The van der Waals surface area contributed by atoms with Gasteiger partial charge in [0.1, 0.15) is 5.60 Å². The molecule has 0 saturated heterocycles. The lowest BCUT2D eigenvalue weighted by Crippen LogP contribution is -2.25. The zero-order chi connectivity index (χ0) is 14.8. The van der Waals surface area contributed by atoms with E-state index in [0.717, 1.165) is 11.1 Å². The normalized spacial score (nSPS) is 12.3. The second-order valence-electron chi connectivity index (χ2n) is 5.23. The molecule has 0 fully saturated rings. The van der Waals surface area contributed by atoms with Gasteiger partial charge in [-0.05, 0) is 38.5 Å². The largest absolute Gasteiger partial charge is 0.297 e. The Balaban J connectivity index is 2.30. The smallest absolute Gasteiger partial charge is 0.255 e. The third-order valence-corrected chi connectivity index (χ3v) is 4.58. The molecule has 2 aromatic rings. The molecule has 0 aliphatic heterocycles. The van der Waals surface area contributed by atoms with E-state index >= 15 is 0 Å². The summed E-state index contributed by atoms with van der Waals surface area (Å²) in [6.07, 6.45) is 0. The van der Waals surface area contributed by atoms with E-state index in [4.69, 9.17) is 4.18 Å². The average molecular weight is 290 g/mol. The maximum Gasteiger partial charge on any atom is 0.297 e. The first kappa shape index (κ1) is 14.8. The van der Waals surface area contributed by atoms with Crippen molar-refractivity contribution >= 4 is 10.1 Å². The maximum absolute atomic E-state index is 12.3. The second kappa shape index (κ2) is 5.38. The fourth-order valence-corrected chi connectivity index (χ4v) is 3.13. The molecule has 0 aromatic heterocycles. The number of rotatable bonds is 4. The van der Waals surface area contributed by atoms with E-state index in [-0.39, 0.29) is 4.90 Å². The topological polar surface area (TPSA) is 43.4 Å². The van der Waals surface area contributed by atoms with Crippen molar-refractivity contribution in [2.75, 3.05) is 0 Å². The SMILES string of the molecule is Cc1ccc(S(=O)(=O)OC(C)(C)c2ccccc2)cc1. The second-order valence-corrected chi connectivity index (χ2v) is 6.77. The van der Waals surface area contributed by atoms with Crippen molar-refractivity contribution in [3.8, 4) is 0 Å². The minimum absolute atomic E-state index is 0.173. The predicted molar refractivity (Wildman–Crippen MR) is 78.9 cm³/mol. The lowest BCUT2D eigenvalue weighted by Gasteiger charge is -2.25. The van der Waals surface area contributed by atoms with Crippen LogP contribution in [0.25, 0.3) is 0 Å². The Labute approximate surface area is 120 Å². The highest BCUT2D eigenvalue weighted by molar-refractivity contribution is 7.86. The highest BCUT2D eigenvalue weighted by Crippen LogP contribution is 2.29. The molecule has 2 aromatic carbocycles. The van der Waals surface area contributed by atoms with Crippen LogP contribution >= 0.6 is 0 Å². The Morgan fingerprint density at radius 2 is 1.45 bits per heavy atom. The monoisotopic (exact) mass is 290 g/mol. The summed E-state index contributed by atoms with van der Waals surface area (Å²) in [6, 6.07) is 15.9. The highest BCUT2D eigenvalue weighted by atomic mass is 32.2. The summed E-state index contributed by atoms with van der Waals surface area (Å²) in [4.78, 5) is 0.173. The molecule has 2 rings (SSSR count). The van der Waals surface area contributed by atoms with E-state index < -0.39 is 15.7 Å². The molecular weight excluding hydrogens is 272 g/mol. The van der Waals surface area contributed by atoms with Crippen molar-refractivity contribution in [3.63, 3.8) is 0 Å².